The molecule has 0 radical (unpaired) electrons. The number of carbonyl (C=O) groups excluding carboxylic acids is 1. The predicted octanol–water partition coefficient (Wildman–Crippen LogP) is 4.07. The van der Waals surface area contributed by atoms with Crippen molar-refractivity contribution in [2.75, 3.05) is 18.6 Å². The summed E-state index contributed by atoms with van der Waals surface area (Å²) in [6, 6.07) is 8.94. The number of pyridine rings is 1. The molecule has 10 heteroatoms. The molecule has 31 heavy (non-hydrogen) atoms. The summed E-state index contributed by atoms with van der Waals surface area (Å²) in [5, 5.41) is 0. The number of benzene rings is 1. The number of alkyl halides is 3. The SMILES string of the molecule is COc1ccc2c(n1)C1(CO2)C(=O)N(Cc2ccc(C(F)(F)F)o2)c2ccc(F)cc21. The van der Waals surface area contributed by atoms with Crippen molar-refractivity contribution < 1.29 is 36.2 Å². The third-order valence-corrected chi connectivity index (χ3v) is 5.46. The van der Waals surface area contributed by atoms with Gasteiger partial charge in [0, 0.05) is 17.3 Å². The molecule has 4 heterocycles. The summed E-state index contributed by atoms with van der Waals surface area (Å²) in [5.41, 5.74) is -0.514. The highest BCUT2D eigenvalue weighted by Gasteiger charge is 2.58. The summed E-state index contributed by atoms with van der Waals surface area (Å²) in [6.07, 6.45) is -4.64. The van der Waals surface area contributed by atoms with Crippen LogP contribution in [0.5, 0.6) is 11.6 Å². The van der Waals surface area contributed by atoms with Gasteiger partial charge in [0.1, 0.15) is 29.6 Å². The number of carbonyl (C=O) groups is 1. The first-order valence-corrected chi connectivity index (χ1v) is 9.20. The molecule has 1 amide bonds. The third-order valence-electron chi connectivity index (χ3n) is 5.46. The minimum absolute atomic E-state index is 0.0641. The minimum Gasteiger partial charge on any atom is -0.490 e. The fourth-order valence-corrected chi connectivity index (χ4v) is 4.06. The number of hydrogen-bond acceptors (Lipinski definition) is 5. The molecule has 2 aromatic heterocycles. The number of halogens is 4. The van der Waals surface area contributed by atoms with Gasteiger partial charge in [-0.05, 0) is 36.4 Å². The van der Waals surface area contributed by atoms with E-state index in [0.717, 1.165) is 12.1 Å². The summed E-state index contributed by atoms with van der Waals surface area (Å²) in [6.45, 7) is -0.394. The molecule has 1 spiro atoms. The summed E-state index contributed by atoms with van der Waals surface area (Å²) in [4.78, 5) is 19.3. The number of anilines is 1. The number of furan rings is 1. The Kier molecular flexibility index (Phi) is 4.05. The molecule has 1 unspecified atom stereocenters. The smallest absolute Gasteiger partial charge is 0.449 e. The molecule has 0 N–H and O–H groups in total. The lowest BCUT2D eigenvalue weighted by Gasteiger charge is -2.22. The van der Waals surface area contributed by atoms with Crippen molar-refractivity contribution in [2.24, 2.45) is 0 Å². The second kappa shape index (κ2) is 6.47. The first-order chi connectivity index (χ1) is 14.7. The minimum atomic E-state index is -4.64. The van der Waals surface area contributed by atoms with Crippen LogP contribution in [0.4, 0.5) is 23.2 Å². The lowest BCUT2D eigenvalue weighted by Crippen LogP contribution is -2.42. The highest BCUT2D eigenvalue weighted by atomic mass is 19.4. The van der Waals surface area contributed by atoms with Gasteiger partial charge in [0.2, 0.25) is 17.5 Å². The molecule has 5 rings (SSSR count). The number of methoxy groups -OCH3 is 1. The molecule has 0 aliphatic carbocycles. The van der Waals surface area contributed by atoms with Crippen LogP contribution >= 0.6 is 0 Å². The average Bonchev–Trinajstić information content (AvgIpc) is 3.41. The number of aromatic nitrogens is 1. The lowest BCUT2D eigenvalue weighted by molar-refractivity contribution is -0.153. The predicted molar refractivity (Wildman–Crippen MR) is 98.4 cm³/mol. The Hall–Kier alpha value is -3.56. The van der Waals surface area contributed by atoms with Crippen LogP contribution in [-0.4, -0.2) is 24.6 Å². The lowest BCUT2D eigenvalue weighted by atomic mass is 9.80. The van der Waals surface area contributed by atoms with Crippen LogP contribution in [0.25, 0.3) is 0 Å². The van der Waals surface area contributed by atoms with Crippen molar-refractivity contribution in [1.29, 1.82) is 0 Å². The molecule has 0 saturated heterocycles. The van der Waals surface area contributed by atoms with Crippen LogP contribution in [0.2, 0.25) is 0 Å². The van der Waals surface area contributed by atoms with Gasteiger partial charge >= 0.3 is 6.18 Å². The number of nitrogens with zero attached hydrogens (tertiary/aromatic N) is 2. The van der Waals surface area contributed by atoms with Gasteiger partial charge in [0.05, 0.1) is 13.7 Å². The van der Waals surface area contributed by atoms with Crippen molar-refractivity contribution in [2.45, 2.75) is 18.1 Å². The van der Waals surface area contributed by atoms with E-state index in [0.29, 0.717) is 17.0 Å². The molecule has 3 aromatic rings. The molecule has 0 bridgehead atoms. The van der Waals surface area contributed by atoms with Gasteiger partial charge in [0.15, 0.2) is 5.41 Å². The average molecular weight is 434 g/mol. The van der Waals surface area contributed by atoms with Gasteiger partial charge in [-0.1, -0.05) is 0 Å². The molecule has 6 nitrogen and oxygen atoms in total. The molecule has 2 aliphatic heterocycles. The second-order valence-corrected chi connectivity index (χ2v) is 7.21. The molecular formula is C21H14F4N2O4. The van der Waals surface area contributed by atoms with Crippen LogP contribution in [0.1, 0.15) is 22.8 Å². The monoisotopic (exact) mass is 434 g/mol. The van der Waals surface area contributed by atoms with Crippen LogP contribution < -0.4 is 14.4 Å². The van der Waals surface area contributed by atoms with E-state index in [1.165, 1.54) is 30.2 Å². The van der Waals surface area contributed by atoms with Crippen molar-refractivity contribution >= 4 is 11.6 Å². The summed E-state index contributed by atoms with van der Waals surface area (Å²) in [5.74, 6) is -1.70. The Morgan fingerprint density at radius 2 is 2.00 bits per heavy atom. The number of rotatable bonds is 3. The van der Waals surface area contributed by atoms with E-state index in [1.807, 2.05) is 0 Å². The van der Waals surface area contributed by atoms with E-state index in [9.17, 15) is 22.4 Å². The Morgan fingerprint density at radius 3 is 2.71 bits per heavy atom. The highest BCUT2D eigenvalue weighted by Crippen LogP contribution is 2.52. The zero-order chi connectivity index (χ0) is 22.0. The molecule has 0 saturated carbocycles. The molecule has 2 aliphatic rings. The van der Waals surface area contributed by atoms with Crippen molar-refractivity contribution in [3.63, 3.8) is 0 Å². The number of fused-ring (bicyclic) bond motifs is 4. The maximum atomic E-state index is 14.2. The topological polar surface area (TPSA) is 64.8 Å². The van der Waals surface area contributed by atoms with Crippen LogP contribution in [0, 0.1) is 5.82 Å². The van der Waals surface area contributed by atoms with Gasteiger partial charge in [-0.25, -0.2) is 9.37 Å². The van der Waals surface area contributed by atoms with Crippen LogP contribution in [-0.2, 0) is 22.9 Å². The van der Waals surface area contributed by atoms with E-state index < -0.39 is 29.1 Å². The molecule has 1 aromatic carbocycles. The Balaban J connectivity index is 1.62. The maximum Gasteiger partial charge on any atom is 0.449 e. The van der Waals surface area contributed by atoms with E-state index in [1.54, 1.807) is 12.1 Å². The van der Waals surface area contributed by atoms with Gasteiger partial charge in [-0.3, -0.25) is 4.79 Å². The van der Waals surface area contributed by atoms with Crippen LogP contribution in [0.15, 0.2) is 46.9 Å². The van der Waals surface area contributed by atoms with Gasteiger partial charge in [0.25, 0.3) is 0 Å². The number of hydrogen-bond donors (Lipinski definition) is 0. The first-order valence-electron chi connectivity index (χ1n) is 9.20. The molecule has 0 fully saturated rings. The quantitative estimate of drug-likeness (QED) is 0.582. The summed E-state index contributed by atoms with van der Waals surface area (Å²) < 4.78 is 68.6. The Labute approximate surface area is 173 Å². The van der Waals surface area contributed by atoms with Crippen molar-refractivity contribution in [3.8, 4) is 11.6 Å². The Bertz CT molecular complexity index is 1210. The number of ether oxygens (including phenoxy) is 2. The maximum absolute atomic E-state index is 14.2. The third kappa shape index (κ3) is 2.77. The fourth-order valence-electron chi connectivity index (χ4n) is 4.06. The van der Waals surface area contributed by atoms with Gasteiger partial charge in [-0.2, -0.15) is 13.2 Å². The largest absolute Gasteiger partial charge is 0.490 e. The molecule has 160 valence electrons. The summed E-state index contributed by atoms with van der Waals surface area (Å²) >= 11 is 0. The molecule has 1 atom stereocenters. The van der Waals surface area contributed by atoms with Gasteiger partial charge in [-0.15, -0.1) is 0 Å². The molecular weight excluding hydrogens is 420 g/mol. The van der Waals surface area contributed by atoms with E-state index in [2.05, 4.69) is 4.98 Å². The van der Waals surface area contributed by atoms with E-state index >= 15 is 0 Å². The van der Waals surface area contributed by atoms with E-state index in [4.69, 9.17) is 13.9 Å². The number of amides is 1. The normalized spacial score (nSPS) is 19.5. The fraction of sp³-hybridized carbons (Fsp3) is 0.238. The highest BCUT2D eigenvalue weighted by molar-refractivity contribution is 6.11. The zero-order valence-electron chi connectivity index (χ0n) is 16.0. The standard InChI is InChI=1S/C21H14F4N2O4/c1-29-17-7-5-15-18(26-17)20(10-30-15)13-8-11(22)2-4-14(13)27(19(20)28)9-12-3-6-16(31-12)21(23,24)25/h2-8H,9-10H2,1H3. The van der Waals surface area contributed by atoms with Crippen molar-refractivity contribution in [1.82, 2.24) is 4.98 Å². The first kappa shape index (κ1) is 19.4. The summed E-state index contributed by atoms with van der Waals surface area (Å²) in [7, 11) is 1.42. The van der Waals surface area contributed by atoms with Crippen LogP contribution in [0.3, 0.4) is 0 Å². The second-order valence-electron chi connectivity index (χ2n) is 7.21. The van der Waals surface area contributed by atoms with E-state index in [-0.39, 0.29) is 30.5 Å². The zero-order valence-corrected chi connectivity index (χ0v) is 16.0. The van der Waals surface area contributed by atoms with Gasteiger partial charge < -0.3 is 18.8 Å². The Morgan fingerprint density at radius 1 is 1.19 bits per heavy atom. The van der Waals surface area contributed by atoms with Crippen molar-refractivity contribution in [3.05, 3.63) is 71.1 Å².